The van der Waals surface area contributed by atoms with Crippen LogP contribution in [0.4, 0.5) is 0 Å². The topological polar surface area (TPSA) is 58.6 Å². The number of carbonyl (C=O) groups is 2. The van der Waals surface area contributed by atoms with Gasteiger partial charge in [-0.3, -0.25) is 9.59 Å². The molecule has 0 radical (unpaired) electrons. The molecule has 2 fully saturated rings. The van der Waals surface area contributed by atoms with Gasteiger partial charge < -0.3 is 15.0 Å². The van der Waals surface area contributed by atoms with Crippen molar-refractivity contribution in [1.82, 2.24) is 10.2 Å². The second kappa shape index (κ2) is 12.5. The van der Waals surface area contributed by atoms with E-state index in [4.69, 9.17) is 4.74 Å². The molecule has 0 spiro atoms. The summed E-state index contributed by atoms with van der Waals surface area (Å²) in [7, 11) is 0. The third-order valence-corrected chi connectivity index (χ3v) is 8.46. The molecule has 0 aromatic heterocycles. The van der Waals surface area contributed by atoms with Crippen molar-refractivity contribution in [3.05, 3.63) is 76.2 Å². The van der Waals surface area contributed by atoms with Gasteiger partial charge in [0.25, 0.3) is 5.91 Å². The minimum atomic E-state index is -0.230. The highest BCUT2D eigenvalue weighted by Gasteiger charge is 2.40. The first-order valence-electron chi connectivity index (χ1n) is 13.2. The van der Waals surface area contributed by atoms with Crippen LogP contribution in [0.3, 0.4) is 0 Å². The molecule has 36 heavy (non-hydrogen) atoms. The molecular weight excluding hydrogens is 468 g/mol. The number of aryl methyl sites for hydroxylation is 1. The number of rotatable bonds is 9. The van der Waals surface area contributed by atoms with Gasteiger partial charge in [-0.1, -0.05) is 68.1 Å². The Hall–Kier alpha value is -2.73. The maximum atomic E-state index is 13.5. The van der Waals surface area contributed by atoms with E-state index >= 15 is 0 Å². The SMILES string of the molecule is CCCCOc1ccc(C(C)NC(=O)/C=C2\SC3CCCCC3N(Cc3ccc(C)cc3)C2=O)cc1. The zero-order chi connectivity index (χ0) is 25.5. The minimum Gasteiger partial charge on any atom is -0.494 e. The number of hydrogen-bond donors (Lipinski definition) is 1. The number of hydrogen-bond acceptors (Lipinski definition) is 4. The van der Waals surface area contributed by atoms with E-state index in [-0.39, 0.29) is 23.9 Å². The summed E-state index contributed by atoms with van der Waals surface area (Å²) in [4.78, 5) is 29.0. The van der Waals surface area contributed by atoms with Crippen LogP contribution in [0.25, 0.3) is 0 Å². The zero-order valence-electron chi connectivity index (χ0n) is 21.7. The highest BCUT2D eigenvalue weighted by atomic mass is 32.2. The Balaban J connectivity index is 1.43. The van der Waals surface area contributed by atoms with Crippen molar-refractivity contribution in [3.8, 4) is 5.75 Å². The molecule has 2 aromatic rings. The van der Waals surface area contributed by atoms with E-state index in [1.165, 1.54) is 18.1 Å². The first-order valence-corrected chi connectivity index (χ1v) is 14.1. The van der Waals surface area contributed by atoms with Crippen LogP contribution >= 0.6 is 11.8 Å². The van der Waals surface area contributed by atoms with Crippen LogP contribution in [0.1, 0.15) is 75.1 Å². The van der Waals surface area contributed by atoms with Crippen molar-refractivity contribution in [1.29, 1.82) is 0 Å². The Kier molecular flexibility index (Phi) is 9.13. The molecule has 1 saturated carbocycles. The maximum absolute atomic E-state index is 13.5. The Morgan fingerprint density at radius 3 is 2.58 bits per heavy atom. The van der Waals surface area contributed by atoms with E-state index in [1.807, 2.05) is 36.1 Å². The third kappa shape index (κ3) is 6.73. The molecule has 1 aliphatic heterocycles. The summed E-state index contributed by atoms with van der Waals surface area (Å²) in [6.45, 7) is 7.47. The van der Waals surface area contributed by atoms with Crippen LogP contribution in [0.15, 0.2) is 59.5 Å². The molecule has 1 heterocycles. The molecule has 0 bridgehead atoms. The van der Waals surface area contributed by atoms with Crippen LogP contribution < -0.4 is 10.1 Å². The van der Waals surface area contributed by atoms with Gasteiger partial charge in [0.15, 0.2) is 0 Å². The van der Waals surface area contributed by atoms with Crippen molar-refractivity contribution < 1.29 is 14.3 Å². The van der Waals surface area contributed by atoms with E-state index in [9.17, 15) is 9.59 Å². The van der Waals surface area contributed by atoms with E-state index in [0.717, 1.165) is 49.0 Å². The van der Waals surface area contributed by atoms with Crippen LogP contribution in [0, 0.1) is 6.92 Å². The summed E-state index contributed by atoms with van der Waals surface area (Å²) in [5.41, 5.74) is 3.34. The minimum absolute atomic E-state index is 0.0277. The fourth-order valence-corrected chi connectivity index (χ4v) is 6.34. The number of amides is 2. The van der Waals surface area contributed by atoms with Gasteiger partial charge in [-0.05, 0) is 56.4 Å². The molecule has 6 heteroatoms. The second-order valence-corrected chi connectivity index (χ2v) is 11.2. The number of nitrogens with zero attached hydrogens (tertiary/aromatic N) is 1. The summed E-state index contributed by atoms with van der Waals surface area (Å²) in [6, 6.07) is 16.3. The molecule has 5 nitrogen and oxygen atoms in total. The van der Waals surface area contributed by atoms with Gasteiger partial charge in [0.2, 0.25) is 5.91 Å². The predicted molar refractivity (Wildman–Crippen MR) is 147 cm³/mol. The number of unbranched alkanes of at least 4 members (excludes halogenated alkanes) is 1. The molecule has 2 amide bonds. The van der Waals surface area contributed by atoms with Gasteiger partial charge in [-0.25, -0.2) is 0 Å². The van der Waals surface area contributed by atoms with E-state index in [0.29, 0.717) is 23.3 Å². The molecule has 4 rings (SSSR count). The van der Waals surface area contributed by atoms with Gasteiger partial charge in [0.05, 0.1) is 17.6 Å². The van der Waals surface area contributed by atoms with Crippen molar-refractivity contribution in [2.45, 2.75) is 83.2 Å². The maximum Gasteiger partial charge on any atom is 0.261 e. The number of ether oxygens (including phenoxy) is 1. The molecular formula is C30H38N2O3S. The second-order valence-electron chi connectivity index (χ2n) is 9.94. The van der Waals surface area contributed by atoms with Crippen LogP contribution in [-0.4, -0.2) is 34.6 Å². The number of nitrogens with one attached hydrogen (secondary N) is 1. The van der Waals surface area contributed by atoms with Crippen molar-refractivity contribution in [3.63, 3.8) is 0 Å². The molecule has 192 valence electrons. The van der Waals surface area contributed by atoms with Gasteiger partial charge in [0, 0.05) is 23.9 Å². The molecule has 2 aromatic carbocycles. The van der Waals surface area contributed by atoms with Crippen LogP contribution in [0.2, 0.25) is 0 Å². The van der Waals surface area contributed by atoms with Gasteiger partial charge >= 0.3 is 0 Å². The number of benzene rings is 2. The number of thioether (sulfide) groups is 1. The van der Waals surface area contributed by atoms with E-state index in [1.54, 1.807) is 11.8 Å². The summed E-state index contributed by atoms with van der Waals surface area (Å²) in [5, 5.41) is 3.38. The number of fused-ring (bicyclic) bond motifs is 1. The van der Waals surface area contributed by atoms with Crippen molar-refractivity contribution in [2.24, 2.45) is 0 Å². The molecule has 1 saturated heterocycles. The fourth-order valence-electron chi connectivity index (χ4n) is 4.90. The lowest BCUT2D eigenvalue weighted by Gasteiger charge is -2.44. The lowest BCUT2D eigenvalue weighted by atomic mass is 9.92. The summed E-state index contributed by atoms with van der Waals surface area (Å²) in [5.74, 6) is 0.582. The van der Waals surface area contributed by atoms with Gasteiger partial charge in [0.1, 0.15) is 5.75 Å². The van der Waals surface area contributed by atoms with Crippen molar-refractivity contribution >= 4 is 23.6 Å². The quantitative estimate of drug-likeness (QED) is 0.319. The highest BCUT2D eigenvalue weighted by molar-refractivity contribution is 8.04. The molecule has 2 aliphatic rings. The molecule has 1 N–H and O–H groups in total. The summed E-state index contributed by atoms with van der Waals surface area (Å²) >= 11 is 1.60. The third-order valence-electron chi connectivity index (χ3n) is 7.06. The Bertz CT molecular complexity index is 1060. The lowest BCUT2D eigenvalue weighted by molar-refractivity contribution is -0.130. The smallest absolute Gasteiger partial charge is 0.261 e. The average Bonchev–Trinajstić information content (AvgIpc) is 2.88. The fraction of sp³-hybridized carbons (Fsp3) is 0.467. The van der Waals surface area contributed by atoms with Gasteiger partial charge in [-0.15, -0.1) is 11.8 Å². The molecule has 1 aliphatic carbocycles. The Morgan fingerprint density at radius 2 is 1.86 bits per heavy atom. The Morgan fingerprint density at radius 1 is 1.14 bits per heavy atom. The first-order chi connectivity index (χ1) is 17.4. The zero-order valence-corrected chi connectivity index (χ0v) is 22.5. The largest absolute Gasteiger partial charge is 0.494 e. The van der Waals surface area contributed by atoms with Crippen LogP contribution in [0.5, 0.6) is 5.75 Å². The Labute approximate surface area is 219 Å². The molecule has 3 unspecified atom stereocenters. The summed E-state index contributed by atoms with van der Waals surface area (Å²) in [6.07, 6.45) is 8.08. The van der Waals surface area contributed by atoms with Gasteiger partial charge in [-0.2, -0.15) is 0 Å². The van der Waals surface area contributed by atoms with E-state index in [2.05, 4.69) is 43.4 Å². The predicted octanol–water partition coefficient (Wildman–Crippen LogP) is 6.32. The van der Waals surface area contributed by atoms with Crippen molar-refractivity contribution in [2.75, 3.05) is 6.61 Å². The number of carbonyl (C=O) groups excluding carboxylic acids is 2. The van der Waals surface area contributed by atoms with Crippen LogP contribution in [-0.2, 0) is 16.1 Å². The average molecular weight is 507 g/mol. The van der Waals surface area contributed by atoms with E-state index < -0.39 is 0 Å². The first kappa shape index (κ1) is 26.3. The monoisotopic (exact) mass is 506 g/mol. The normalized spacial score (nSPS) is 21.7. The molecule has 3 atom stereocenters. The lowest BCUT2D eigenvalue weighted by Crippen LogP contribution is -2.51. The standard InChI is InChI=1S/C30H38N2O3S/c1-4-5-18-35-25-16-14-24(15-17-25)22(3)31-29(33)19-28-30(34)32(20-23-12-10-21(2)11-13-23)26-8-6-7-9-27(26)36-28/h10-17,19,22,26-27H,4-9,18,20H2,1-3H3,(H,31,33)/b28-19-. The highest BCUT2D eigenvalue weighted by Crippen LogP contribution is 2.42. The summed E-state index contributed by atoms with van der Waals surface area (Å²) < 4.78 is 5.73.